The van der Waals surface area contributed by atoms with Gasteiger partial charge in [0.15, 0.2) is 5.11 Å². The molecule has 0 saturated carbocycles. The second-order valence-electron chi connectivity index (χ2n) is 8.68. The Bertz CT molecular complexity index is 1410. The van der Waals surface area contributed by atoms with Gasteiger partial charge in [0.25, 0.3) is 0 Å². The Kier molecular flexibility index (Phi) is 6.04. The molecule has 0 spiro atoms. The van der Waals surface area contributed by atoms with Gasteiger partial charge in [-0.1, -0.05) is 12.1 Å². The minimum Gasteiger partial charge on any atom is -0.351 e. The molecule has 1 aliphatic rings. The van der Waals surface area contributed by atoms with Gasteiger partial charge in [0.2, 0.25) is 0 Å². The van der Waals surface area contributed by atoms with Gasteiger partial charge in [0.1, 0.15) is 5.82 Å². The number of hydrogen-bond donors (Lipinski definition) is 1. The van der Waals surface area contributed by atoms with Gasteiger partial charge >= 0.3 is 6.18 Å². The Labute approximate surface area is 211 Å². The third-order valence-corrected chi connectivity index (χ3v) is 6.74. The van der Waals surface area contributed by atoms with Crippen LogP contribution in [-0.4, -0.2) is 14.7 Å². The standard InChI is InChI=1S/C27H22F4N4S/c1-16-14-22(17(2)34(16)21-7-5-6-18(15-21)27(29,30)31)25-24(23-8-3-4-13-32-23)33-26(36)35(25)20-11-9-19(28)10-12-20/h3-15,24-25H,1-2H3,(H,33,36). The van der Waals surface area contributed by atoms with Crippen LogP contribution in [0, 0.1) is 19.7 Å². The number of benzene rings is 2. The molecule has 2 atom stereocenters. The molecule has 184 valence electrons. The number of hydrogen-bond acceptors (Lipinski definition) is 2. The molecule has 0 amide bonds. The predicted molar refractivity (Wildman–Crippen MR) is 135 cm³/mol. The average molecular weight is 511 g/mol. The number of nitrogens with one attached hydrogen (secondary N) is 1. The van der Waals surface area contributed by atoms with E-state index in [1.807, 2.05) is 47.6 Å². The molecule has 0 bridgehead atoms. The van der Waals surface area contributed by atoms with E-state index in [-0.39, 0.29) is 17.9 Å². The van der Waals surface area contributed by atoms with Crippen LogP contribution in [0.3, 0.4) is 0 Å². The molecule has 0 radical (unpaired) electrons. The normalized spacial score (nSPS) is 17.9. The number of pyridine rings is 1. The fourth-order valence-electron chi connectivity index (χ4n) is 4.86. The van der Waals surface area contributed by atoms with Crippen molar-refractivity contribution in [2.75, 3.05) is 4.90 Å². The molecule has 1 aliphatic heterocycles. The number of anilines is 1. The molecular weight excluding hydrogens is 488 g/mol. The van der Waals surface area contributed by atoms with Gasteiger partial charge in [0, 0.05) is 29.0 Å². The summed E-state index contributed by atoms with van der Waals surface area (Å²) in [5.41, 5.74) is 3.59. The molecule has 2 unspecified atom stereocenters. The molecule has 1 fully saturated rings. The van der Waals surface area contributed by atoms with Crippen molar-refractivity contribution in [2.24, 2.45) is 0 Å². The number of alkyl halides is 3. The first kappa shape index (κ1) is 24.0. The van der Waals surface area contributed by atoms with Crippen LogP contribution in [0.2, 0.25) is 0 Å². The highest BCUT2D eigenvalue weighted by atomic mass is 32.1. The predicted octanol–water partition coefficient (Wildman–Crippen LogP) is 6.82. The molecule has 4 aromatic rings. The summed E-state index contributed by atoms with van der Waals surface area (Å²) in [7, 11) is 0. The van der Waals surface area contributed by atoms with Gasteiger partial charge in [-0.05, 0) is 92.3 Å². The van der Waals surface area contributed by atoms with Crippen molar-refractivity contribution in [3.05, 3.63) is 113 Å². The Morgan fingerprint density at radius 2 is 1.67 bits per heavy atom. The Balaban J connectivity index is 1.67. The summed E-state index contributed by atoms with van der Waals surface area (Å²) in [6.07, 6.45) is -2.75. The minimum atomic E-state index is -4.45. The molecule has 0 aliphatic carbocycles. The number of aromatic nitrogens is 2. The topological polar surface area (TPSA) is 33.1 Å². The number of thiocarbonyl (C=S) groups is 1. The lowest BCUT2D eigenvalue weighted by Gasteiger charge is -2.28. The van der Waals surface area contributed by atoms with Gasteiger partial charge in [0.05, 0.1) is 23.3 Å². The summed E-state index contributed by atoms with van der Waals surface area (Å²) in [4.78, 5) is 6.44. The molecule has 9 heteroatoms. The van der Waals surface area contributed by atoms with Crippen LogP contribution < -0.4 is 10.2 Å². The lowest BCUT2D eigenvalue weighted by molar-refractivity contribution is -0.137. The first-order valence-corrected chi connectivity index (χ1v) is 11.7. The van der Waals surface area contributed by atoms with Crippen LogP contribution in [0.4, 0.5) is 23.2 Å². The van der Waals surface area contributed by atoms with E-state index in [9.17, 15) is 17.6 Å². The van der Waals surface area contributed by atoms with Gasteiger partial charge in [-0.25, -0.2) is 4.39 Å². The first-order valence-electron chi connectivity index (χ1n) is 11.3. The zero-order valence-corrected chi connectivity index (χ0v) is 20.2. The van der Waals surface area contributed by atoms with Crippen LogP contribution in [-0.2, 0) is 6.18 Å². The highest BCUT2D eigenvalue weighted by Gasteiger charge is 2.42. The molecular formula is C27H22F4N4S. The van der Waals surface area contributed by atoms with Crippen molar-refractivity contribution in [1.29, 1.82) is 0 Å². The quantitative estimate of drug-likeness (QED) is 0.241. The van der Waals surface area contributed by atoms with Gasteiger partial charge in [-0.2, -0.15) is 13.2 Å². The molecule has 3 heterocycles. The van der Waals surface area contributed by atoms with Crippen molar-refractivity contribution < 1.29 is 17.6 Å². The van der Waals surface area contributed by atoms with Crippen molar-refractivity contribution in [1.82, 2.24) is 14.9 Å². The van der Waals surface area contributed by atoms with Crippen molar-refractivity contribution in [2.45, 2.75) is 32.1 Å². The highest BCUT2D eigenvalue weighted by molar-refractivity contribution is 7.80. The fourth-order valence-corrected chi connectivity index (χ4v) is 5.20. The van der Waals surface area contributed by atoms with E-state index in [2.05, 4.69) is 10.3 Å². The zero-order valence-electron chi connectivity index (χ0n) is 19.4. The number of rotatable bonds is 4. The number of nitrogens with zero attached hydrogens (tertiary/aromatic N) is 3. The summed E-state index contributed by atoms with van der Waals surface area (Å²) < 4.78 is 55.7. The summed E-state index contributed by atoms with van der Waals surface area (Å²) in [5.74, 6) is -0.364. The zero-order chi connectivity index (χ0) is 25.6. The largest absolute Gasteiger partial charge is 0.416 e. The maximum absolute atomic E-state index is 13.7. The van der Waals surface area contributed by atoms with E-state index in [0.29, 0.717) is 16.5 Å². The van der Waals surface area contributed by atoms with Crippen LogP contribution in [0.15, 0.2) is 79.0 Å². The third-order valence-electron chi connectivity index (χ3n) is 6.42. The molecule has 2 aromatic carbocycles. The Hall–Kier alpha value is -3.72. The van der Waals surface area contributed by atoms with E-state index in [1.54, 1.807) is 24.4 Å². The van der Waals surface area contributed by atoms with Crippen molar-refractivity contribution in [3.63, 3.8) is 0 Å². The average Bonchev–Trinajstić information content (AvgIpc) is 3.35. The Morgan fingerprint density at radius 3 is 2.33 bits per heavy atom. The SMILES string of the molecule is Cc1cc(C2C(c3ccccn3)NC(=S)N2c2ccc(F)cc2)c(C)n1-c1cccc(C(F)(F)F)c1. The van der Waals surface area contributed by atoms with E-state index in [0.717, 1.165) is 34.8 Å². The third kappa shape index (κ3) is 4.24. The smallest absolute Gasteiger partial charge is 0.351 e. The lowest BCUT2D eigenvalue weighted by Crippen LogP contribution is -2.29. The van der Waals surface area contributed by atoms with Crippen LogP contribution in [0.5, 0.6) is 0 Å². The van der Waals surface area contributed by atoms with E-state index in [4.69, 9.17) is 12.2 Å². The van der Waals surface area contributed by atoms with Crippen LogP contribution >= 0.6 is 12.2 Å². The molecule has 2 aromatic heterocycles. The molecule has 1 saturated heterocycles. The maximum Gasteiger partial charge on any atom is 0.416 e. The van der Waals surface area contributed by atoms with E-state index in [1.165, 1.54) is 18.2 Å². The molecule has 5 rings (SSSR count). The summed E-state index contributed by atoms with van der Waals surface area (Å²) in [5, 5.41) is 3.80. The summed E-state index contributed by atoms with van der Waals surface area (Å²) in [6, 6.07) is 18.2. The fraction of sp³-hybridized carbons (Fsp3) is 0.185. The van der Waals surface area contributed by atoms with Crippen LogP contribution in [0.1, 0.15) is 40.3 Å². The lowest BCUT2D eigenvalue weighted by atomic mass is 9.96. The number of halogens is 4. The van der Waals surface area contributed by atoms with E-state index < -0.39 is 11.7 Å². The van der Waals surface area contributed by atoms with Gasteiger partial charge < -0.3 is 14.8 Å². The van der Waals surface area contributed by atoms with Crippen molar-refractivity contribution in [3.8, 4) is 5.69 Å². The highest BCUT2D eigenvalue weighted by Crippen LogP contribution is 2.44. The maximum atomic E-state index is 13.7. The Morgan fingerprint density at radius 1 is 0.917 bits per heavy atom. The number of aryl methyl sites for hydroxylation is 1. The van der Waals surface area contributed by atoms with Crippen LogP contribution in [0.25, 0.3) is 5.69 Å². The van der Waals surface area contributed by atoms with Crippen molar-refractivity contribution >= 4 is 23.0 Å². The molecule has 36 heavy (non-hydrogen) atoms. The minimum absolute atomic E-state index is 0.334. The second-order valence-corrected chi connectivity index (χ2v) is 9.07. The molecule has 4 nitrogen and oxygen atoms in total. The monoisotopic (exact) mass is 510 g/mol. The molecule has 1 N–H and O–H groups in total. The van der Waals surface area contributed by atoms with Gasteiger partial charge in [-0.3, -0.25) is 4.98 Å². The second kappa shape index (κ2) is 9.05. The van der Waals surface area contributed by atoms with E-state index >= 15 is 0 Å². The van der Waals surface area contributed by atoms with Gasteiger partial charge in [-0.15, -0.1) is 0 Å². The first-order chi connectivity index (χ1) is 17.1. The summed E-state index contributed by atoms with van der Waals surface area (Å²) >= 11 is 5.71. The summed E-state index contributed by atoms with van der Waals surface area (Å²) in [6.45, 7) is 3.73.